The van der Waals surface area contributed by atoms with Gasteiger partial charge < -0.3 is 9.80 Å². The standard InChI is InChI=1S/C39H37N7O2/c1-43-33-20-9-8-19-30(33)32(42-43)25-31-38-41-40-37(28-16-6-3-7-17-28)46(38)35-22-11-10-21-34(35)45(39(31)48)26-36(47)44-23-13-12-18-29(44)24-27-14-4-2-5-15-27/h2-11,14-17,19-22,29,31H,12-13,18,23-26H2,1H3. The molecule has 9 heteroatoms. The highest BCUT2D eigenvalue weighted by Crippen LogP contribution is 2.39. The lowest BCUT2D eigenvalue weighted by Crippen LogP contribution is -2.50. The zero-order chi connectivity index (χ0) is 32.6. The molecule has 0 bridgehead atoms. The van der Waals surface area contributed by atoms with Crippen molar-refractivity contribution in [1.29, 1.82) is 0 Å². The summed E-state index contributed by atoms with van der Waals surface area (Å²) in [5.41, 5.74) is 5.34. The fourth-order valence-corrected chi connectivity index (χ4v) is 7.46. The van der Waals surface area contributed by atoms with Crippen molar-refractivity contribution in [3.8, 4) is 17.1 Å². The molecule has 2 aliphatic rings. The maximum absolute atomic E-state index is 15.0. The summed E-state index contributed by atoms with van der Waals surface area (Å²) >= 11 is 0. The molecule has 6 aromatic rings. The third kappa shape index (κ3) is 5.35. The van der Waals surface area contributed by atoms with Gasteiger partial charge in [-0.05, 0) is 49.4 Å². The number of anilines is 1. The number of fused-ring (bicyclic) bond motifs is 4. The number of carbonyl (C=O) groups is 2. The van der Waals surface area contributed by atoms with E-state index < -0.39 is 5.92 Å². The lowest BCUT2D eigenvalue weighted by atomic mass is 9.95. The molecule has 2 unspecified atom stereocenters. The quantitative estimate of drug-likeness (QED) is 0.211. The molecule has 1 saturated heterocycles. The van der Waals surface area contributed by atoms with Crippen LogP contribution in [0.15, 0.2) is 109 Å². The van der Waals surface area contributed by atoms with Crippen LogP contribution in [-0.4, -0.2) is 60.4 Å². The second kappa shape index (κ2) is 12.6. The zero-order valence-corrected chi connectivity index (χ0v) is 26.9. The molecule has 0 radical (unpaired) electrons. The number of nitrogens with zero attached hydrogens (tertiary/aromatic N) is 7. The van der Waals surface area contributed by atoms with Gasteiger partial charge in [0.2, 0.25) is 11.8 Å². The number of amides is 2. The van der Waals surface area contributed by atoms with Crippen LogP contribution in [0.25, 0.3) is 28.0 Å². The van der Waals surface area contributed by atoms with E-state index in [1.165, 1.54) is 5.56 Å². The molecule has 240 valence electrons. The Kier molecular flexibility index (Phi) is 7.80. The maximum Gasteiger partial charge on any atom is 0.242 e. The summed E-state index contributed by atoms with van der Waals surface area (Å²) in [5.74, 6) is 0.231. The van der Waals surface area contributed by atoms with Gasteiger partial charge in [-0.2, -0.15) is 5.10 Å². The summed E-state index contributed by atoms with van der Waals surface area (Å²) in [5, 5.41) is 15.2. The van der Waals surface area contributed by atoms with E-state index in [1.807, 2.05) is 118 Å². The van der Waals surface area contributed by atoms with Gasteiger partial charge in [0, 0.05) is 37.0 Å². The Morgan fingerprint density at radius 3 is 2.31 bits per heavy atom. The highest BCUT2D eigenvalue weighted by molar-refractivity contribution is 6.05. The van der Waals surface area contributed by atoms with Crippen molar-refractivity contribution in [2.45, 2.75) is 44.1 Å². The Bertz CT molecular complexity index is 2100. The molecule has 8 rings (SSSR count). The van der Waals surface area contributed by atoms with Crippen LogP contribution in [0.3, 0.4) is 0 Å². The van der Waals surface area contributed by atoms with Crippen molar-refractivity contribution in [3.05, 3.63) is 126 Å². The predicted molar refractivity (Wildman–Crippen MR) is 186 cm³/mol. The van der Waals surface area contributed by atoms with Crippen LogP contribution in [0.4, 0.5) is 5.69 Å². The predicted octanol–water partition coefficient (Wildman–Crippen LogP) is 6.12. The molecule has 9 nitrogen and oxygen atoms in total. The average molecular weight is 636 g/mol. The van der Waals surface area contributed by atoms with Crippen molar-refractivity contribution in [3.63, 3.8) is 0 Å². The Morgan fingerprint density at radius 2 is 1.50 bits per heavy atom. The molecule has 0 spiro atoms. The second-order valence-corrected chi connectivity index (χ2v) is 12.8. The van der Waals surface area contributed by atoms with Crippen LogP contribution in [0, 0.1) is 0 Å². The van der Waals surface area contributed by atoms with Crippen molar-refractivity contribution in [2.24, 2.45) is 7.05 Å². The van der Waals surface area contributed by atoms with Crippen LogP contribution in [0.2, 0.25) is 0 Å². The summed E-state index contributed by atoms with van der Waals surface area (Å²) in [4.78, 5) is 33.0. The maximum atomic E-state index is 15.0. The number of carbonyl (C=O) groups excluding carboxylic acids is 2. The van der Waals surface area contributed by atoms with Crippen LogP contribution in [-0.2, 0) is 29.5 Å². The van der Waals surface area contributed by atoms with E-state index in [9.17, 15) is 9.59 Å². The molecule has 2 atom stereocenters. The Morgan fingerprint density at radius 1 is 0.792 bits per heavy atom. The Labute approximate surface area is 279 Å². The fraction of sp³-hybridized carbons (Fsp3) is 0.256. The minimum absolute atomic E-state index is 0.0400. The first-order chi connectivity index (χ1) is 23.6. The molecular formula is C39H37N7O2. The minimum Gasteiger partial charge on any atom is -0.338 e. The van der Waals surface area contributed by atoms with Gasteiger partial charge >= 0.3 is 0 Å². The van der Waals surface area contributed by atoms with Crippen molar-refractivity contribution < 1.29 is 9.59 Å². The van der Waals surface area contributed by atoms with Crippen molar-refractivity contribution in [1.82, 2.24) is 29.4 Å². The number of rotatable bonds is 7. The molecule has 0 N–H and O–H groups in total. The number of aromatic nitrogens is 5. The van der Waals surface area contributed by atoms with E-state index >= 15 is 0 Å². The van der Waals surface area contributed by atoms with E-state index in [4.69, 9.17) is 10.2 Å². The molecule has 4 aromatic carbocycles. The van der Waals surface area contributed by atoms with Crippen molar-refractivity contribution in [2.75, 3.05) is 18.0 Å². The van der Waals surface area contributed by atoms with Gasteiger partial charge in [-0.1, -0.05) is 91.0 Å². The number of piperidine rings is 1. The smallest absolute Gasteiger partial charge is 0.242 e. The largest absolute Gasteiger partial charge is 0.338 e. The Balaban J connectivity index is 1.22. The van der Waals surface area contributed by atoms with Crippen molar-refractivity contribution >= 4 is 28.4 Å². The molecule has 0 saturated carbocycles. The van der Waals surface area contributed by atoms with E-state index in [0.717, 1.165) is 53.5 Å². The summed E-state index contributed by atoms with van der Waals surface area (Å²) in [7, 11) is 1.92. The second-order valence-electron chi connectivity index (χ2n) is 12.8. The average Bonchev–Trinajstić information content (AvgIpc) is 3.69. The van der Waals surface area contributed by atoms with Gasteiger partial charge in [0.05, 0.1) is 22.6 Å². The molecular weight excluding hydrogens is 598 g/mol. The first kappa shape index (κ1) is 29.8. The summed E-state index contributed by atoms with van der Waals surface area (Å²) in [6.45, 7) is 0.631. The molecule has 0 aliphatic carbocycles. The highest BCUT2D eigenvalue weighted by atomic mass is 16.2. The monoisotopic (exact) mass is 635 g/mol. The number of benzene rings is 4. The SMILES string of the molecule is Cn1nc(CC2C(=O)N(CC(=O)N3CCCCC3Cc3ccccc3)c3ccccc3-n3c(-c4ccccc4)nnc32)c2ccccc21. The highest BCUT2D eigenvalue weighted by Gasteiger charge is 2.40. The lowest BCUT2D eigenvalue weighted by Gasteiger charge is -2.37. The zero-order valence-electron chi connectivity index (χ0n) is 26.9. The van der Waals surface area contributed by atoms with Gasteiger partial charge in [0.1, 0.15) is 12.5 Å². The summed E-state index contributed by atoms with van der Waals surface area (Å²) in [6.07, 6.45) is 4.10. The molecule has 2 aromatic heterocycles. The van der Waals surface area contributed by atoms with Gasteiger partial charge in [-0.3, -0.25) is 18.8 Å². The molecule has 48 heavy (non-hydrogen) atoms. The minimum atomic E-state index is -0.727. The first-order valence-corrected chi connectivity index (χ1v) is 16.7. The topological polar surface area (TPSA) is 89.2 Å². The fourth-order valence-electron chi connectivity index (χ4n) is 7.46. The number of hydrogen-bond acceptors (Lipinski definition) is 5. The molecule has 1 fully saturated rings. The number of likely N-dealkylation sites (tertiary alicyclic amines) is 1. The van der Waals surface area contributed by atoms with Crippen LogP contribution in [0.5, 0.6) is 0 Å². The number of hydrogen-bond donors (Lipinski definition) is 0. The van der Waals surface area contributed by atoms with E-state index in [2.05, 4.69) is 17.2 Å². The van der Waals surface area contributed by atoms with E-state index in [1.54, 1.807) is 4.90 Å². The molecule has 2 amide bonds. The summed E-state index contributed by atoms with van der Waals surface area (Å²) < 4.78 is 3.85. The van der Waals surface area contributed by atoms with E-state index in [-0.39, 0.29) is 24.4 Å². The molecule has 2 aliphatic heterocycles. The van der Waals surface area contributed by atoms with Gasteiger partial charge in [-0.15, -0.1) is 10.2 Å². The first-order valence-electron chi connectivity index (χ1n) is 16.7. The van der Waals surface area contributed by atoms with E-state index in [0.29, 0.717) is 30.3 Å². The van der Waals surface area contributed by atoms with Gasteiger partial charge in [0.15, 0.2) is 11.6 Å². The third-order valence-electron chi connectivity index (χ3n) is 9.80. The summed E-state index contributed by atoms with van der Waals surface area (Å²) in [6, 6.07) is 36.2. The van der Waals surface area contributed by atoms with Crippen LogP contribution < -0.4 is 4.90 Å². The molecule has 4 heterocycles. The normalized spacial score (nSPS) is 17.6. The Hall–Kier alpha value is -5.57. The van der Waals surface area contributed by atoms with Crippen LogP contribution >= 0.6 is 0 Å². The third-order valence-corrected chi connectivity index (χ3v) is 9.80. The van der Waals surface area contributed by atoms with Gasteiger partial charge in [0.25, 0.3) is 0 Å². The number of para-hydroxylation sites is 3. The lowest BCUT2D eigenvalue weighted by molar-refractivity contribution is -0.134. The number of aryl methyl sites for hydroxylation is 1. The van der Waals surface area contributed by atoms with Crippen LogP contribution in [0.1, 0.15) is 42.3 Å². The van der Waals surface area contributed by atoms with Gasteiger partial charge in [-0.25, -0.2) is 0 Å².